The van der Waals surface area contributed by atoms with Crippen LogP contribution in [0.15, 0.2) is 0 Å². The fourth-order valence-electron chi connectivity index (χ4n) is 1.47. The number of nitrogens with one attached hydrogen (secondary N) is 1. The number of carbonyl (C=O) groups excluding carboxylic acids is 1. The van der Waals surface area contributed by atoms with E-state index in [0.29, 0.717) is 0 Å². The van der Waals surface area contributed by atoms with Crippen LogP contribution >= 0.6 is 0 Å². The second-order valence-electron chi connectivity index (χ2n) is 3.60. The molecule has 16 heavy (non-hydrogen) atoms. The van der Waals surface area contributed by atoms with Gasteiger partial charge < -0.3 is 30.9 Å². The van der Waals surface area contributed by atoms with Gasteiger partial charge in [0.25, 0.3) is 0 Å². The number of amides is 1. The zero-order valence-corrected chi connectivity index (χ0v) is 8.48. The van der Waals surface area contributed by atoms with Crippen molar-refractivity contribution < 1.29 is 30.0 Å². The molecule has 0 aromatic heterocycles. The quantitative estimate of drug-likeness (QED) is 0.290. The molecule has 1 heterocycles. The first-order valence-electron chi connectivity index (χ1n) is 4.79. The Bertz CT molecular complexity index is 249. The summed E-state index contributed by atoms with van der Waals surface area (Å²) in [6, 6.07) is 0. The minimum Gasteiger partial charge on any atom is -0.394 e. The van der Waals surface area contributed by atoms with Crippen molar-refractivity contribution in [2.75, 3.05) is 13.2 Å². The first kappa shape index (κ1) is 13.3. The van der Waals surface area contributed by atoms with Gasteiger partial charge in [-0.1, -0.05) is 0 Å². The van der Waals surface area contributed by atoms with E-state index in [1.165, 1.54) is 0 Å². The van der Waals surface area contributed by atoms with Crippen LogP contribution in [0.2, 0.25) is 0 Å². The normalized spacial score (nSPS) is 39.6. The molecular formula is C8H16N2O6. The van der Waals surface area contributed by atoms with E-state index in [0.717, 1.165) is 0 Å². The molecule has 1 rings (SSSR count). The van der Waals surface area contributed by atoms with Gasteiger partial charge in [0.05, 0.1) is 13.2 Å². The van der Waals surface area contributed by atoms with E-state index in [4.69, 9.17) is 15.6 Å². The molecule has 1 aliphatic rings. The molecule has 1 fully saturated rings. The molecule has 94 valence electrons. The van der Waals surface area contributed by atoms with Gasteiger partial charge in [0.15, 0.2) is 0 Å². The summed E-state index contributed by atoms with van der Waals surface area (Å²) in [5.41, 5.74) is 4.88. The van der Waals surface area contributed by atoms with Gasteiger partial charge in [0.2, 0.25) is 5.91 Å². The minimum atomic E-state index is -1.46. The Kier molecular flexibility index (Phi) is 4.59. The number of aliphatic hydroxyl groups is 4. The summed E-state index contributed by atoms with van der Waals surface area (Å²) < 4.78 is 5.05. The topological polar surface area (TPSA) is 145 Å². The maximum atomic E-state index is 10.5. The largest absolute Gasteiger partial charge is 0.394 e. The van der Waals surface area contributed by atoms with E-state index in [1.54, 1.807) is 0 Å². The van der Waals surface area contributed by atoms with Crippen molar-refractivity contribution in [3.8, 4) is 0 Å². The standard InChI is InChI=1S/C8H16N2O6/c9-4(12)1-10-8-7(15)6(14)5(13)3(2-11)16-8/h3,5-8,10-11,13-15H,1-2H2,(H2,9,12)/t3-,5-,6+,7+,8-/m1/s1. The molecule has 1 amide bonds. The summed E-state index contributed by atoms with van der Waals surface area (Å²) >= 11 is 0. The summed E-state index contributed by atoms with van der Waals surface area (Å²) in [5.74, 6) is -0.656. The van der Waals surface area contributed by atoms with Crippen LogP contribution in [0.3, 0.4) is 0 Å². The number of rotatable bonds is 4. The number of primary amides is 1. The van der Waals surface area contributed by atoms with Gasteiger partial charge in [-0.25, -0.2) is 0 Å². The molecule has 0 aliphatic carbocycles. The Morgan fingerprint density at radius 3 is 2.38 bits per heavy atom. The molecule has 7 N–H and O–H groups in total. The zero-order valence-electron chi connectivity index (χ0n) is 8.48. The molecule has 1 saturated heterocycles. The van der Waals surface area contributed by atoms with Crippen LogP contribution in [0.5, 0.6) is 0 Å². The van der Waals surface area contributed by atoms with E-state index in [9.17, 15) is 20.1 Å². The zero-order chi connectivity index (χ0) is 12.3. The van der Waals surface area contributed by atoms with Gasteiger partial charge in [0.1, 0.15) is 30.6 Å². The fourth-order valence-corrected chi connectivity index (χ4v) is 1.47. The highest BCUT2D eigenvalue weighted by molar-refractivity contribution is 5.75. The monoisotopic (exact) mass is 236 g/mol. The summed E-state index contributed by atoms with van der Waals surface area (Å²) in [5, 5.41) is 39.6. The number of hydrogen-bond donors (Lipinski definition) is 6. The number of aliphatic hydroxyl groups excluding tert-OH is 4. The minimum absolute atomic E-state index is 0.247. The lowest BCUT2D eigenvalue weighted by molar-refractivity contribution is -0.236. The van der Waals surface area contributed by atoms with Crippen molar-refractivity contribution in [3.63, 3.8) is 0 Å². The van der Waals surface area contributed by atoms with Crippen LogP contribution in [0.4, 0.5) is 0 Å². The van der Waals surface area contributed by atoms with Crippen molar-refractivity contribution in [1.82, 2.24) is 5.32 Å². The number of ether oxygens (including phenoxy) is 1. The van der Waals surface area contributed by atoms with Crippen molar-refractivity contribution in [1.29, 1.82) is 0 Å². The third kappa shape index (κ3) is 2.88. The van der Waals surface area contributed by atoms with E-state index in [1.807, 2.05) is 0 Å². The van der Waals surface area contributed by atoms with Crippen molar-refractivity contribution in [2.45, 2.75) is 30.6 Å². The summed E-state index contributed by atoms with van der Waals surface area (Å²) in [7, 11) is 0. The summed E-state index contributed by atoms with van der Waals surface area (Å²) in [6.07, 6.45) is -6.34. The van der Waals surface area contributed by atoms with E-state index < -0.39 is 43.2 Å². The fraction of sp³-hybridized carbons (Fsp3) is 0.875. The number of hydrogen-bond acceptors (Lipinski definition) is 7. The predicted molar refractivity (Wildman–Crippen MR) is 51.0 cm³/mol. The summed E-state index contributed by atoms with van der Waals surface area (Å²) in [4.78, 5) is 10.5. The molecule has 0 bridgehead atoms. The number of carbonyl (C=O) groups is 1. The van der Waals surface area contributed by atoms with Gasteiger partial charge in [-0.05, 0) is 0 Å². The molecule has 0 spiro atoms. The third-order valence-electron chi connectivity index (χ3n) is 2.37. The van der Waals surface area contributed by atoms with E-state index in [-0.39, 0.29) is 6.54 Å². The Morgan fingerprint density at radius 1 is 1.25 bits per heavy atom. The number of nitrogens with two attached hydrogens (primary N) is 1. The average molecular weight is 236 g/mol. The second kappa shape index (κ2) is 5.53. The first-order valence-corrected chi connectivity index (χ1v) is 4.79. The molecule has 8 nitrogen and oxygen atoms in total. The lowest BCUT2D eigenvalue weighted by Crippen LogP contribution is -2.63. The summed E-state index contributed by atoms with van der Waals surface area (Å²) in [6.45, 7) is -0.762. The van der Waals surface area contributed by atoms with E-state index in [2.05, 4.69) is 5.32 Å². The maximum absolute atomic E-state index is 10.5. The van der Waals surface area contributed by atoms with Crippen molar-refractivity contribution >= 4 is 5.91 Å². The Hall–Kier alpha value is -0.770. The van der Waals surface area contributed by atoms with Crippen LogP contribution in [-0.2, 0) is 9.53 Å². The van der Waals surface area contributed by atoms with Gasteiger partial charge in [0, 0.05) is 0 Å². The molecule has 0 saturated carbocycles. The maximum Gasteiger partial charge on any atom is 0.231 e. The van der Waals surface area contributed by atoms with Crippen LogP contribution in [-0.4, -0.2) is 70.1 Å². The molecule has 0 unspecified atom stereocenters. The van der Waals surface area contributed by atoms with E-state index >= 15 is 0 Å². The molecule has 0 aromatic carbocycles. The highest BCUT2D eigenvalue weighted by Gasteiger charge is 2.43. The van der Waals surface area contributed by atoms with Gasteiger partial charge >= 0.3 is 0 Å². The molecule has 0 aromatic rings. The predicted octanol–water partition coefficient (Wildman–Crippen LogP) is -4.14. The molecule has 5 atom stereocenters. The Morgan fingerprint density at radius 2 is 1.88 bits per heavy atom. The highest BCUT2D eigenvalue weighted by atomic mass is 16.6. The van der Waals surface area contributed by atoms with Crippen LogP contribution in [0.25, 0.3) is 0 Å². The molecule has 8 heteroatoms. The second-order valence-corrected chi connectivity index (χ2v) is 3.60. The first-order chi connectivity index (χ1) is 7.47. The van der Waals surface area contributed by atoms with Gasteiger partial charge in [-0.2, -0.15) is 0 Å². The smallest absolute Gasteiger partial charge is 0.231 e. The Labute approximate surface area is 91.6 Å². The van der Waals surface area contributed by atoms with Crippen LogP contribution in [0, 0.1) is 0 Å². The average Bonchev–Trinajstić information content (AvgIpc) is 2.25. The molecular weight excluding hydrogens is 220 g/mol. The van der Waals surface area contributed by atoms with Crippen molar-refractivity contribution in [2.24, 2.45) is 5.73 Å². The molecule has 1 aliphatic heterocycles. The highest BCUT2D eigenvalue weighted by Crippen LogP contribution is 2.19. The van der Waals surface area contributed by atoms with Gasteiger partial charge in [-0.15, -0.1) is 0 Å². The van der Waals surface area contributed by atoms with Crippen LogP contribution < -0.4 is 11.1 Å². The third-order valence-corrected chi connectivity index (χ3v) is 2.37. The Balaban J connectivity index is 2.60. The molecule has 0 radical (unpaired) electrons. The lowest BCUT2D eigenvalue weighted by Gasteiger charge is -2.40. The van der Waals surface area contributed by atoms with Gasteiger partial charge in [-0.3, -0.25) is 10.1 Å². The lowest BCUT2D eigenvalue weighted by atomic mass is 9.98. The SMILES string of the molecule is NC(=O)CN[C@@H]1O[C@H](CO)[C@@H](O)[C@H](O)[C@@H]1O. The van der Waals surface area contributed by atoms with Crippen LogP contribution in [0.1, 0.15) is 0 Å². The van der Waals surface area contributed by atoms with Crippen molar-refractivity contribution in [3.05, 3.63) is 0 Å².